The average Bonchev–Trinajstić information content (AvgIpc) is 3.24. The van der Waals surface area contributed by atoms with Crippen molar-refractivity contribution in [1.29, 1.82) is 0 Å². The number of rotatable bonds is 4. The van der Waals surface area contributed by atoms with Crippen molar-refractivity contribution in [2.45, 2.75) is 25.4 Å². The van der Waals surface area contributed by atoms with Crippen molar-refractivity contribution in [2.75, 3.05) is 6.54 Å². The minimum atomic E-state index is -0.396. The van der Waals surface area contributed by atoms with Crippen molar-refractivity contribution in [2.24, 2.45) is 0 Å². The van der Waals surface area contributed by atoms with E-state index in [1.165, 1.54) is 11.3 Å². The van der Waals surface area contributed by atoms with Crippen molar-refractivity contribution in [1.82, 2.24) is 10.2 Å². The standard InChI is InChI=1S/C17H17ClN2O2S/c18-13-6-2-1-5-12(13)11-19-16(21)14-7-3-9-20(14)17(22)15-8-4-10-23-15/h1-2,4-6,8,10,14H,3,7,9,11H2,(H,19,21). The van der Waals surface area contributed by atoms with Crippen molar-refractivity contribution in [3.63, 3.8) is 0 Å². The van der Waals surface area contributed by atoms with E-state index in [2.05, 4.69) is 5.32 Å². The minimum Gasteiger partial charge on any atom is -0.350 e. The molecule has 23 heavy (non-hydrogen) atoms. The maximum absolute atomic E-state index is 12.5. The van der Waals surface area contributed by atoms with Crippen LogP contribution in [0.2, 0.25) is 5.02 Å². The highest BCUT2D eigenvalue weighted by atomic mass is 35.5. The Morgan fingerprint density at radius 1 is 1.26 bits per heavy atom. The molecular formula is C17H17ClN2O2S. The quantitative estimate of drug-likeness (QED) is 0.921. The number of likely N-dealkylation sites (tertiary alicyclic amines) is 1. The van der Waals surface area contributed by atoms with Gasteiger partial charge in [-0.1, -0.05) is 35.9 Å². The molecule has 1 aliphatic heterocycles. The number of carbonyl (C=O) groups is 2. The van der Waals surface area contributed by atoms with Crippen molar-refractivity contribution in [3.8, 4) is 0 Å². The summed E-state index contributed by atoms with van der Waals surface area (Å²) in [6, 6.07) is 10.7. The van der Waals surface area contributed by atoms with E-state index in [1.807, 2.05) is 29.6 Å². The van der Waals surface area contributed by atoms with Crippen LogP contribution in [-0.2, 0) is 11.3 Å². The van der Waals surface area contributed by atoms with Crippen molar-refractivity contribution >= 4 is 34.8 Å². The third-order valence-corrected chi connectivity index (χ3v) is 5.19. The second-order valence-corrected chi connectivity index (χ2v) is 6.80. The Morgan fingerprint density at radius 3 is 2.83 bits per heavy atom. The highest BCUT2D eigenvalue weighted by Crippen LogP contribution is 2.22. The lowest BCUT2D eigenvalue weighted by atomic mass is 10.2. The van der Waals surface area contributed by atoms with E-state index in [9.17, 15) is 9.59 Å². The molecular weight excluding hydrogens is 332 g/mol. The Kier molecular flexibility index (Phi) is 4.98. The summed E-state index contributed by atoms with van der Waals surface area (Å²) >= 11 is 7.50. The molecule has 1 fully saturated rings. The van der Waals surface area contributed by atoms with E-state index in [4.69, 9.17) is 11.6 Å². The summed E-state index contributed by atoms with van der Waals surface area (Å²) in [4.78, 5) is 27.3. The molecule has 1 aliphatic rings. The Balaban J connectivity index is 1.64. The Labute approximate surface area is 144 Å². The largest absolute Gasteiger partial charge is 0.350 e. The minimum absolute atomic E-state index is 0.0598. The molecule has 1 N–H and O–H groups in total. The molecule has 0 saturated carbocycles. The van der Waals surface area contributed by atoms with Crippen LogP contribution in [0.1, 0.15) is 28.1 Å². The third kappa shape index (κ3) is 3.57. The second kappa shape index (κ2) is 7.15. The average molecular weight is 349 g/mol. The van der Waals surface area contributed by atoms with Gasteiger partial charge in [0.1, 0.15) is 6.04 Å². The van der Waals surface area contributed by atoms with Gasteiger partial charge in [-0.05, 0) is 35.9 Å². The smallest absolute Gasteiger partial charge is 0.264 e. The highest BCUT2D eigenvalue weighted by Gasteiger charge is 2.34. The van der Waals surface area contributed by atoms with Gasteiger partial charge in [0.25, 0.3) is 5.91 Å². The lowest BCUT2D eigenvalue weighted by Gasteiger charge is -2.23. The molecule has 6 heteroatoms. The lowest BCUT2D eigenvalue weighted by Crippen LogP contribution is -2.45. The first kappa shape index (κ1) is 16.0. The second-order valence-electron chi connectivity index (χ2n) is 5.44. The first-order valence-electron chi connectivity index (χ1n) is 7.52. The van der Waals surface area contributed by atoms with Gasteiger partial charge in [0.2, 0.25) is 5.91 Å². The maximum Gasteiger partial charge on any atom is 0.264 e. The molecule has 2 amide bonds. The van der Waals surface area contributed by atoms with E-state index in [0.29, 0.717) is 29.4 Å². The fourth-order valence-electron chi connectivity index (χ4n) is 2.77. The molecule has 0 radical (unpaired) electrons. The molecule has 0 spiro atoms. The number of amides is 2. The molecule has 120 valence electrons. The molecule has 2 heterocycles. The normalized spacial score (nSPS) is 17.3. The SMILES string of the molecule is O=C(NCc1ccccc1Cl)C1CCCN1C(=O)c1cccs1. The van der Waals surface area contributed by atoms with E-state index >= 15 is 0 Å². The molecule has 3 rings (SSSR count). The predicted molar refractivity (Wildman–Crippen MR) is 91.7 cm³/mol. The number of hydrogen-bond donors (Lipinski definition) is 1. The van der Waals surface area contributed by atoms with E-state index in [0.717, 1.165) is 12.0 Å². The summed E-state index contributed by atoms with van der Waals surface area (Å²) in [6.07, 6.45) is 1.55. The number of nitrogens with one attached hydrogen (secondary N) is 1. The van der Waals surface area contributed by atoms with Crippen molar-refractivity contribution in [3.05, 3.63) is 57.2 Å². The molecule has 1 atom stereocenters. The predicted octanol–water partition coefficient (Wildman–Crippen LogP) is 3.32. The molecule has 4 nitrogen and oxygen atoms in total. The monoisotopic (exact) mass is 348 g/mol. The summed E-state index contributed by atoms with van der Waals surface area (Å²) in [5.74, 6) is -0.178. The number of nitrogens with zero attached hydrogens (tertiary/aromatic N) is 1. The summed E-state index contributed by atoms with van der Waals surface area (Å²) in [5, 5.41) is 5.40. The van der Waals surface area contributed by atoms with E-state index in [-0.39, 0.29) is 11.8 Å². The Hall–Kier alpha value is -1.85. The van der Waals surface area contributed by atoms with Crippen LogP contribution >= 0.6 is 22.9 Å². The van der Waals surface area contributed by atoms with Crippen LogP contribution in [0.15, 0.2) is 41.8 Å². The number of carbonyl (C=O) groups excluding carboxylic acids is 2. The first-order valence-corrected chi connectivity index (χ1v) is 8.78. The van der Waals surface area contributed by atoms with Gasteiger partial charge in [-0.2, -0.15) is 0 Å². The van der Waals surface area contributed by atoms with Crippen LogP contribution in [0.3, 0.4) is 0 Å². The number of thiophene rings is 1. The summed E-state index contributed by atoms with van der Waals surface area (Å²) < 4.78 is 0. The molecule has 1 unspecified atom stereocenters. The Bertz CT molecular complexity index is 702. The van der Waals surface area contributed by atoms with Gasteiger partial charge in [-0.25, -0.2) is 0 Å². The van der Waals surface area contributed by atoms with E-state index in [1.54, 1.807) is 17.0 Å². The van der Waals surface area contributed by atoms with Crippen LogP contribution in [0, 0.1) is 0 Å². The van der Waals surface area contributed by atoms with Crippen LogP contribution in [0.5, 0.6) is 0 Å². The zero-order valence-corrected chi connectivity index (χ0v) is 14.1. The van der Waals surface area contributed by atoms with Gasteiger partial charge in [0.15, 0.2) is 0 Å². The highest BCUT2D eigenvalue weighted by molar-refractivity contribution is 7.12. The fourth-order valence-corrected chi connectivity index (χ4v) is 3.65. The molecule has 1 saturated heterocycles. The zero-order valence-electron chi connectivity index (χ0n) is 12.5. The van der Waals surface area contributed by atoms with E-state index < -0.39 is 6.04 Å². The van der Waals surface area contributed by atoms with Crippen LogP contribution in [0.25, 0.3) is 0 Å². The van der Waals surface area contributed by atoms with Crippen LogP contribution < -0.4 is 5.32 Å². The molecule has 1 aromatic heterocycles. The Morgan fingerprint density at radius 2 is 2.09 bits per heavy atom. The summed E-state index contributed by atoms with van der Waals surface area (Å²) in [5.41, 5.74) is 0.872. The number of hydrogen-bond acceptors (Lipinski definition) is 3. The van der Waals surface area contributed by atoms with Crippen LogP contribution in [-0.4, -0.2) is 29.3 Å². The van der Waals surface area contributed by atoms with Crippen LogP contribution in [0.4, 0.5) is 0 Å². The zero-order chi connectivity index (χ0) is 16.2. The topological polar surface area (TPSA) is 49.4 Å². The fraction of sp³-hybridized carbons (Fsp3) is 0.294. The maximum atomic E-state index is 12.5. The molecule has 2 aromatic rings. The molecule has 1 aromatic carbocycles. The van der Waals surface area contributed by atoms with Gasteiger partial charge in [-0.15, -0.1) is 11.3 Å². The van der Waals surface area contributed by atoms with Gasteiger partial charge >= 0.3 is 0 Å². The third-order valence-electron chi connectivity index (χ3n) is 3.96. The molecule has 0 bridgehead atoms. The number of halogens is 1. The van der Waals surface area contributed by atoms with Gasteiger partial charge < -0.3 is 10.2 Å². The molecule has 0 aliphatic carbocycles. The lowest BCUT2D eigenvalue weighted by molar-refractivity contribution is -0.125. The van der Waals surface area contributed by atoms with Crippen molar-refractivity contribution < 1.29 is 9.59 Å². The summed E-state index contributed by atoms with van der Waals surface area (Å²) in [6.45, 7) is 0.997. The first-order chi connectivity index (χ1) is 11.2. The number of benzene rings is 1. The van der Waals surface area contributed by atoms with Gasteiger partial charge in [0.05, 0.1) is 4.88 Å². The summed E-state index contributed by atoms with van der Waals surface area (Å²) in [7, 11) is 0. The van der Waals surface area contributed by atoms with Gasteiger partial charge in [-0.3, -0.25) is 9.59 Å². The van der Waals surface area contributed by atoms with Gasteiger partial charge in [0, 0.05) is 18.1 Å².